The summed E-state index contributed by atoms with van der Waals surface area (Å²) in [5, 5.41) is 9.82. The van der Waals surface area contributed by atoms with Gasteiger partial charge in [-0.05, 0) is 56.1 Å². The lowest BCUT2D eigenvalue weighted by Gasteiger charge is -2.22. The second-order valence-electron chi connectivity index (χ2n) is 8.49. The number of pyridine rings is 1. The van der Waals surface area contributed by atoms with E-state index >= 15 is 0 Å². The highest BCUT2D eigenvalue weighted by molar-refractivity contribution is 5.94. The zero-order chi connectivity index (χ0) is 23.8. The minimum absolute atomic E-state index is 0.0233. The first-order valence-electron chi connectivity index (χ1n) is 11.9. The van der Waals surface area contributed by atoms with Gasteiger partial charge in [0.05, 0.1) is 36.9 Å². The minimum Gasteiger partial charge on any atom is -0.495 e. The van der Waals surface area contributed by atoms with Crippen molar-refractivity contribution in [1.82, 2.24) is 20.3 Å². The number of ether oxygens (including phenoxy) is 1. The Bertz CT molecular complexity index is 1090. The maximum atomic E-state index is 12.7. The average Bonchev–Trinajstić information content (AvgIpc) is 2.90. The molecule has 1 amide bonds. The van der Waals surface area contributed by atoms with E-state index in [1.165, 1.54) is 0 Å². The van der Waals surface area contributed by atoms with Gasteiger partial charge in [0.25, 0.3) is 0 Å². The highest BCUT2D eigenvalue weighted by Gasteiger charge is 2.22. The van der Waals surface area contributed by atoms with Crippen LogP contribution < -0.4 is 20.7 Å². The van der Waals surface area contributed by atoms with Crippen LogP contribution in [0.25, 0.3) is 11.3 Å². The van der Waals surface area contributed by atoms with E-state index in [4.69, 9.17) is 9.72 Å². The van der Waals surface area contributed by atoms with Gasteiger partial charge in [0.2, 0.25) is 5.91 Å². The number of carbonyl (C=O) groups excluding carboxylic acids is 1. The second kappa shape index (κ2) is 11.6. The van der Waals surface area contributed by atoms with Gasteiger partial charge in [0, 0.05) is 23.9 Å². The summed E-state index contributed by atoms with van der Waals surface area (Å²) in [6.07, 6.45) is 10.8. The molecule has 0 radical (unpaired) electrons. The van der Waals surface area contributed by atoms with E-state index in [1.54, 1.807) is 25.7 Å². The van der Waals surface area contributed by atoms with Crippen molar-refractivity contribution in [2.24, 2.45) is 5.92 Å². The Hall–Kier alpha value is -3.52. The highest BCUT2D eigenvalue weighted by atomic mass is 16.5. The smallest absolute Gasteiger partial charge is 0.227 e. The molecule has 3 heterocycles. The summed E-state index contributed by atoms with van der Waals surface area (Å²) in [4.78, 5) is 26.1. The first-order chi connectivity index (χ1) is 16.7. The number of hydrogen-bond donors (Lipinski definition) is 3. The van der Waals surface area contributed by atoms with Gasteiger partial charge in [-0.2, -0.15) is 0 Å². The van der Waals surface area contributed by atoms with E-state index in [0.717, 1.165) is 55.6 Å². The molecule has 0 saturated carbocycles. The molecule has 1 fully saturated rings. The number of carbonyl (C=O) groups is 1. The van der Waals surface area contributed by atoms with Gasteiger partial charge in [0.15, 0.2) is 0 Å². The van der Waals surface area contributed by atoms with Gasteiger partial charge in [-0.25, -0.2) is 4.98 Å². The van der Waals surface area contributed by atoms with Gasteiger partial charge in [-0.1, -0.05) is 25.5 Å². The predicted octanol–water partition coefficient (Wildman–Crippen LogP) is 4.44. The van der Waals surface area contributed by atoms with E-state index in [-0.39, 0.29) is 17.9 Å². The Morgan fingerprint density at radius 1 is 1.18 bits per heavy atom. The fourth-order valence-corrected chi connectivity index (χ4v) is 4.22. The van der Waals surface area contributed by atoms with Crippen molar-refractivity contribution >= 4 is 17.4 Å². The zero-order valence-electron chi connectivity index (χ0n) is 19.8. The van der Waals surface area contributed by atoms with Crippen LogP contribution in [0.15, 0.2) is 55.1 Å². The van der Waals surface area contributed by atoms with E-state index in [9.17, 15) is 4.79 Å². The summed E-state index contributed by atoms with van der Waals surface area (Å²) in [6, 6.07) is 9.80. The van der Waals surface area contributed by atoms with E-state index in [0.29, 0.717) is 17.3 Å². The molecular weight excluding hydrogens is 428 g/mol. The SMILES string of the molecule is CCCC(Nc1cncc(-c2ccc(NC(=O)C3CCNCC3)c(OC)c2)n1)c1cccnc1. The van der Waals surface area contributed by atoms with Crippen LogP contribution in [-0.2, 0) is 4.79 Å². The number of rotatable bonds is 9. The molecule has 2 aromatic heterocycles. The first-order valence-corrected chi connectivity index (χ1v) is 11.9. The molecule has 3 aromatic rings. The lowest BCUT2D eigenvalue weighted by atomic mass is 9.97. The maximum absolute atomic E-state index is 12.7. The summed E-state index contributed by atoms with van der Waals surface area (Å²) >= 11 is 0. The zero-order valence-corrected chi connectivity index (χ0v) is 19.8. The Labute approximate surface area is 200 Å². The lowest BCUT2D eigenvalue weighted by molar-refractivity contribution is -0.120. The van der Waals surface area contributed by atoms with Crippen molar-refractivity contribution in [1.29, 1.82) is 0 Å². The maximum Gasteiger partial charge on any atom is 0.227 e. The third kappa shape index (κ3) is 5.88. The van der Waals surface area contributed by atoms with Crippen LogP contribution in [0.5, 0.6) is 5.75 Å². The molecule has 0 spiro atoms. The van der Waals surface area contributed by atoms with E-state index < -0.39 is 0 Å². The lowest BCUT2D eigenvalue weighted by Crippen LogP contribution is -2.34. The Morgan fingerprint density at radius 3 is 2.76 bits per heavy atom. The molecule has 34 heavy (non-hydrogen) atoms. The number of hydrogen-bond acceptors (Lipinski definition) is 7. The van der Waals surface area contributed by atoms with Gasteiger partial charge < -0.3 is 20.7 Å². The van der Waals surface area contributed by atoms with Crippen molar-refractivity contribution in [3.05, 3.63) is 60.7 Å². The van der Waals surface area contributed by atoms with Crippen LogP contribution in [0.4, 0.5) is 11.5 Å². The topological polar surface area (TPSA) is 101 Å². The molecule has 1 unspecified atom stereocenters. The molecule has 1 aromatic carbocycles. The molecule has 0 aliphatic carbocycles. The number of piperidine rings is 1. The summed E-state index contributed by atoms with van der Waals surface area (Å²) in [5.74, 6) is 1.35. The molecule has 1 saturated heterocycles. The van der Waals surface area contributed by atoms with Gasteiger partial charge in [-0.15, -0.1) is 0 Å². The molecule has 0 bridgehead atoms. The van der Waals surface area contributed by atoms with Crippen molar-refractivity contribution in [3.63, 3.8) is 0 Å². The number of nitrogens with zero attached hydrogens (tertiary/aromatic N) is 3. The second-order valence-corrected chi connectivity index (χ2v) is 8.49. The van der Waals surface area contributed by atoms with Crippen LogP contribution in [0.2, 0.25) is 0 Å². The summed E-state index contributed by atoms with van der Waals surface area (Å²) in [6.45, 7) is 3.90. The minimum atomic E-state index is 0.0233. The number of anilines is 2. The molecule has 8 heteroatoms. The standard InChI is InChI=1S/C26H32N6O2/c1-3-5-21(20-6-4-11-28-15-20)30-25-17-29-16-23(31-25)19-7-8-22(24(14-19)34-2)32-26(33)18-9-12-27-13-10-18/h4,6-8,11,14-18,21,27H,3,5,9-10,12-13H2,1-2H3,(H,30,31)(H,32,33). The summed E-state index contributed by atoms with van der Waals surface area (Å²) in [5.41, 5.74) is 3.37. The fraction of sp³-hybridized carbons (Fsp3) is 0.385. The van der Waals surface area contributed by atoms with Crippen LogP contribution >= 0.6 is 0 Å². The van der Waals surface area contributed by atoms with Crippen molar-refractivity contribution < 1.29 is 9.53 Å². The molecule has 8 nitrogen and oxygen atoms in total. The van der Waals surface area contributed by atoms with Crippen LogP contribution in [0.3, 0.4) is 0 Å². The third-order valence-electron chi connectivity index (χ3n) is 6.09. The largest absolute Gasteiger partial charge is 0.495 e. The quantitative estimate of drug-likeness (QED) is 0.434. The number of amides is 1. The third-order valence-corrected chi connectivity index (χ3v) is 6.09. The molecule has 178 valence electrons. The van der Waals surface area contributed by atoms with Crippen LogP contribution in [-0.4, -0.2) is 41.1 Å². The molecule has 1 aliphatic rings. The molecule has 3 N–H and O–H groups in total. The van der Waals surface area contributed by atoms with E-state index in [1.807, 2.05) is 30.5 Å². The number of aromatic nitrogens is 3. The van der Waals surface area contributed by atoms with Gasteiger partial charge in [-0.3, -0.25) is 14.8 Å². The Kier molecular flexibility index (Phi) is 8.04. The fourth-order valence-electron chi connectivity index (χ4n) is 4.22. The van der Waals surface area contributed by atoms with Crippen LogP contribution in [0.1, 0.15) is 44.2 Å². The Morgan fingerprint density at radius 2 is 2.03 bits per heavy atom. The normalized spacial score (nSPS) is 14.9. The highest BCUT2D eigenvalue weighted by Crippen LogP contribution is 2.31. The van der Waals surface area contributed by atoms with Crippen LogP contribution in [0, 0.1) is 5.92 Å². The summed E-state index contributed by atoms with van der Waals surface area (Å²) in [7, 11) is 1.60. The van der Waals surface area contributed by atoms with Gasteiger partial charge in [0.1, 0.15) is 11.6 Å². The molecular formula is C26H32N6O2. The molecule has 4 rings (SSSR count). The van der Waals surface area contributed by atoms with Crippen molar-refractivity contribution in [3.8, 4) is 17.0 Å². The summed E-state index contributed by atoms with van der Waals surface area (Å²) < 4.78 is 5.58. The predicted molar refractivity (Wildman–Crippen MR) is 134 cm³/mol. The van der Waals surface area contributed by atoms with E-state index in [2.05, 4.69) is 38.9 Å². The molecule has 1 aliphatic heterocycles. The Balaban J connectivity index is 1.51. The molecule has 1 atom stereocenters. The van der Waals surface area contributed by atoms with Crippen molar-refractivity contribution in [2.45, 2.75) is 38.6 Å². The first kappa shape index (κ1) is 23.6. The number of methoxy groups -OCH3 is 1. The number of nitrogens with one attached hydrogen (secondary N) is 3. The van der Waals surface area contributed by atoms with Gasteiger partial charge >= 0.3 is 0 Å². The van der Waals surface area contributed by atoms with Crippen molar-refractivity contribution in [2.75, 3.05) is 30.8 Å². The average molecular weight is 461 g/mol. The number of benzene rings is 1. The monoisotopic (exact) mass is 460 g/mol.